The minimum Gasteiger partial charge on any atom is -0.488 e. The van der Waals surface area contributed by atoms with E-state index in [4.69, 9.17) is 9.26 Å². The lowest BCUT2D eigenvalue weighted by Gasteiger charge is -2.20. The van der Waals surface area contributed by atoms with Crippen LogP contribution in [0.15, 0.2) is 28.8 Å². The van der Waals surface area contributed by atoms with Crippen LogP contribution in [0.3, 0.4) is 0 Å². The predicted molar refractivity (Wildman–Crippen MR) is 88.5 cm³/mol. The second kappa shape index (κ2) is 7.95. The largest absolute Gasteiger partial charge is 0.488 e. The molecule has 0 saturated carbocycles. The van der Waals surface area contributed by atoms with Crippen molar-refractivity contribution in [3.8, 4) is 5.75 Å². The summed E-state index contributed by atoms with van der Waals surface area (Å²) in [5, 5.41) is 6.82. The molecule has 2 rings (SSSR count). The Morgan fingerprint density at radius 1 is 1.38 bits per heavy atom. The summed E-state index contributed by atoms with van der Waals surface area (Å²) < 4.78 is 24.1. The van der Waals surface area contributed by atoms with Crippen molar-refractivity contribution in [2.45, 2.75) is 46.1 Å². The van der Waals surface area contributed by atoms with E-state index in [-0.39, 0.29) is 30.2 Å². The van der Waals surface area contributed by atoms with Gasteiger partial charge in [0.1, 0.15) is 12.4 Å². The van der Waals surface area contributed by atoms with Gasteiger partial charge in [0.05, 0.1) is 17.7 Å². The number of para-hydroxylation sites is 1. The number of benzene rings is 1. The highest BCUT2D eigenvalue weighted by Gasteiger charge is 2.26. The summed E-state index contributed by atoms with van der Waals surface area (Å²) in [6.07, 6.45) is 0.635. The number of ether oxygens (including phenoxy) is 1. The van der Waals surface area contributed by atoms with E-state index in [1.165, 1.54) is 6.07 Å². The summed E-state index contributed by atoms with van der Waals surface area (Å²) in [6.45, 7) is 7.57. The molecule has 1 aromatic carbocycles. The molecule has 5 nitrogen and oxygen atoms in total. The Bertz CT molecular complexity index is 680. The van der Waals surface area contributed by atoms with Crippen LogP contribution >= 0.6 is 0 Å². The van der Waals surface area contributed by atoms with Crippen LogP contribution in [0.25, 0.3) is 0 Å². The van der Waals surface area contributed by atoms with Crippen LogP contribution < -0.4 is 10.1 Å². The van der Waals surface area contributed by atoms with Crippen molar-refractivity contribution in [1.29, 1.82) is 0 Å². The maximum atomic E-state index is 13.5. The third kappa shape index (κ3) is 4.13. The van der Waals surface area contributed by atoms with E-state index < -0.39 is 5.82 Å². The van der Waals surface area contributed by atoms with Gasteiger partial charge < -0.3 is 14.6 Å². The summed E-state index contributed by atoms with van der Waals surface area (Å²) in [4.78, 5) is 12.6. The summed E-state index contributed by atoms with van der Waals surface area (Å²) in [5.41, 5.74) is 1.56. The van der Waals surface area contributed by atoms with Gasteiger partial charge in [0.2, 0.25) is 5.91 Å². The van der Waals surface area contributed by atoms with Crippen LogP contribution in [0.5, 0.6) is 5.75 Å². The molecule has 2 aromatic rings. The SMILES string of the molecule is CC[C@@H](C(=O)N[C@@H](C)COc1ccccc1F)c1c(C)noc1C. The van der Waals surface area contributed by atoms with Crippen LogP contribution in [0.2, 0.25) is 0 Å². The molecule has 1 aromatic heterocycles. The zero-order valence-electron chi connectivity index (χ0n) is 14.4. The Balaban J connectivity index is 1.96. The van der Waals surface area contributed by atoms with Crippen LogP contribution in [-0.2, 0) is 4.79 Å². The number of halogens is 1. The second-order valence-corrected chi connectivity index (χ2v) is 5.85. The molecule has 0 aliphatic rings. The van der Waals surface area contributed by atoms with Crippen molar-refractivity contribution in [2.24, 2.45) is 0 Å². The minimum absolute atomic E-state index is 0.114. The molecule has 0 bridgehead atoms. The zero-order valence-corrected chi connectivity index (χ0v) is 14.4. The van der Waals surface area contributed by atoms with E-state index >= 15 is 0 Å². The fourth-order valence-corrected chi connectivity index (χ4v) is 2.67. The third-order valence-electron chi connectivity index (χ3n) is 3.88. The average molecular weight is 334 g/mol. The molecule has 0 aliphatic carbocycles. The number of carbonyl (C=O) groups excluding carboxylic acids is 1. The molecule has 0 spiro atoms. The Morgan fingerprint density at radius 2 is 2.08 bits per heavy atom. The number of rotatable bonds is 7. The molecule has 0 radical (unpaired) electrons. The van der Waals surface area contributed by atoms with Gasteiger partial charge in [-0.15, -0.1) is 0 Å². The molecular weight excluding hydrogens is 311 g/mol. The summed E-state index contributed by atoms with van der Waals surface area (Å²) >= 11 is 0. The van der Waals surface area contributed by atoms with E-state index in [0.29, 0.717) is 12.2 Å². The molecule has 6 heteroatoms. The fraction of sp³-hybridized carbons (Fsp3) is 0.444. The monoisotopic (exact) mass is 334 g/mol. The quantitative estimate of drug-likeness (QED) is 0.841. The molecule has 130 valence electrons. The predicted octanol–water partition coefficient (Wildman–Crippen LogP) is 3.51. The maximum absolute atomic E-state index is 13.5. The molecule has 1 heterocycles. The Hall–Kier alpha value is -2.37. The lowest BCUT2D eigenvalue weighted by Crippen LogP contribution is -2.39. The maximum Gasteiger partial charge on any atom is 0.228 e. The van der Waals surface area contributed by atoms with E-state index in [0.717, 1.165) is 11.3 Å². The number of nitrogens with one attached hydrogen (secondary N) is 1. The molecule has 24 heavy (non-hydrogen) atoms. The first-order chi connectivity index (χ1) is 11.4. The third-order valence-corrected chi connectivity index (χ3v) is 3.88. The molecule has 0 unspecified atom stereocenters. The highest BCUT2D eigenvalue weighted by atomic mass is 19.1. The summed E-state index contributed by atoms with van der Waals surface area (Å²) in [7, 11) is 0. The zero-order chi connectivity index (χ0) is 17.7. The highest BCUT2D eigenvalue weighted by molar-refractivity contribution is 5.84. The number of hydrogen-bond donors (Lipinski definition) is 1. The fourth-order valence-electron chi connectivity index (χ4n) is 2.67. The van der Waals surface area contributed by atoms with Crippen LogP contribution in [0, 0.1) is 19.7 Å². The van der Waals surface area contributed by atoms with Gasteiger partial charge in [-0.25, -0.2) is 4.39 Å². The van der Waals surface area contributed by atoms with Crippen LogP contribution in [0.4, 0.5) is 4.39 Å². The van der Waals surface area contributed by atoms with E-state index in [1.807, 2.05) is 20.8 Å². The smallest absolute Gasteiger partial charge is 0.228 e. The summed E-state index contributed by atoms with van der Waals surface area (Å²) in [5.74, 6) is -0.0250. The lowest BCUT2D eigenvalue weighted by molar-refractivity contribution is -0.123. The molecule has 0 saturated heterocycles. The molecule has 0 aliphatic heterocycles. The number of hydrogen-bond acceptors (Lipinski definition) is 4. The van der Waals surface area contributed by atoms with Gasteiger partial charge in [-0.1, -0.05) is 24.2 Å². The van der Waals surface area contributed by atoms with Crippen molar-refractivity contribution in [2.75, 3.05) is 6.61 Å². The molecule has 1 N–H and O–H groups in total. The van der Waals surface area contributed by atoms with E-state index in [9.17, 15) is 9.18 Å². The van der Waals surface area contributed by atoms with Gasteiger partial charge in [-0.3, -0.25) is 4.79 Å². The Kier molecular flexibility index (Phi) is 5.95. The highest BCUT2D eigenvalue weighted by Crippen LogP contribution is 2.26. The van der Waals surface area contributed by atoms with Gasteiger partial charge in [-0.05, 0) is 39.3 Å². The first-order valence-electron chi connectivity index (χ1n) is 8.04. The lowest BCUT2D eigenvalue weighted by atomic mass is 9.94. The number of amides is 1. The normalized spacial score (nSPS) is 13.4. The molecular formula is C18H23FN2O3. The topological polar surface area (TPSA) is 64.4 Å². The van der Waals surface area contributed by atoms with Gasteiger partial charge >= 0.3 is 0 Å². The van der Waals surface area contributed by atoms with Crippen molar-refractivity contribution in [1.82, 2.24) is 10.5 Å². The number of aromatic nitrogens is 1. The summed E-state index contributed by atoms with van der Waals surface area (Å²) in [6, 6.07) is 5.94. The van der Waals surface area contributed by atoms with Crippen molar-refractivity contribution >= 4 is 5.91 Å². The van der Waals surface area contributed by atoms with Gasteiger partial charge in [-0.2, -0.15) is 0 Å². The van der Waals surface area contributed by atoms with Gasteiger partial charge in [0, 0.05) is 5.56 Å². The van der Waals surface area contributed by atoms with Crippen LogP contribution in [-0.4, -0.2) is 23.7 Å². The first-order valence-corrected chi connectivity index (χ1v) is 8.04. The molecule has 2 atom stereocenters. The number of aryl methyl sites for hydroxylation is 2. The molecule has 1 amide bonds. The number of nitrogens with zero attached hydrogens (tertiary/aromatic N) is 1. The van der Waals surface area contributed by atoms with Crippen molar-refractivity contribution < 1.29 is 18.4 Å². The van der Waals surface area contributed by atoms with Crippen molar-refractivity contribution in [3.63, 3.8) is 0 Å². The van der Waals surface area contributed by atoms with Crippen LogP contribution in [0.1, 0.15) is 43.2 Å². The van der Waals surface area contributed by atoms with E-state index in [1.54, 1.807) is 25.1 Å². The molecule has 0 fully saturated rings. The van der Waals surface area contributed by atoms with Crippen molar-refractivity contribution in [3.05, 3.63) is 47.1 Å². The Labute approximate surface area is 141 Å². The van der Waals surface area contributed by atoms with Gasteiger partial charge in [0.25, 0.3) is 0 Å². The standard InChI is InChI=1S/C18H23FN2O3/c1-5-14(17-12(3)21-24-13(17)4)18(22)20-11(2)10-23-16-9-7-6-8-15(16)19/h6-9,11,14H,5,10H2,1-4H3,(H,20,22)/t11-,14+/m0/s1. The minimum atomic E-state index is -0.418. The average Bonchev–Trinajstić information content (AvgIpc) is 2.87. The first kappa shape index (κ1) is 18.0. The Morgan fingerprint density at radius 3 is 2.67 bits per heavy atom. The van der Waals surface area contributed by atoms with Gasteiger partial charge in [0.15, 0.2) is 11.6 Å². The van der Waals surface area contributed by atoms with E-state index in [2.05, 4.69) is 10.5 Å². The number of carbonyl (C=O) groups is 1. The second-order valence-electron chi connectivity index (χ2n) is 5.85.